The zero-order valence-electron chi connectivity index (χ0n) is 10.7. The van der Waals surface area contributed by atoms with Crippen molar-refractivity contribution in [2.75, 3.05) is 19.8 Å². The second-order valence-corrected chi connectivity index (χ2v) is 5.21. The molecule has 1 N–H and O–H groups in total. The lowest BCUT2D eigenvalue weighted by Gasteiger charge is -2.24. The Balaban J connectivity index is 1.65. The molecule has 0 aromatic rings. The number of amides is 1. The molecule has 1 amide bonds. The first-order valence-corrected chi connectivity index (χ1v) is 6.75. The molecule has 1 saturated heterocycles. The molecule has 0 atom stereocenters. The standard InChI is InChI=1S/C13H23NO3/c1-13(16-9-10-17-13)7-8-14-12(15)11-5-3-2-4-6-11/h11H,2-10H2,1H3,(H,14,15). The summed E-state index contributed by atoms with van der Waals surface area (Å²) in [6.45, 7) is 3.90. The van der Waals surface area contributed by atoms with Gasteiger partial charge in [-0.05, 0) is 19.8 Å². The molecule has 4 nitrogen and oxygen atoms in total. The Bertz CT molecular complexity index is 255. The lowest BCUT2D eigenvalue weighted by Crippen LogP contribution is -2.37. The van der Waals surface area contributed by atoms with Crippen LogP contribution >= 0.6 is 0 Å². The third-order valence-corrected chi connectivity index (χ3v) is 3.75. The number of hydrogen-bond donors (Lipinski definition) is 1. The molecule has 2 fully saturated rings. The molecule has 1 saturated carbocycles. The second-order valence-electron chi connectivity index (χ2n) is 5.21. The molecule has 0 aromatic carbocycles. The smallest absolute Gasteiger partial charge is 0.223 e. The van der Waals surface area contributed by atoms with Crippen LogP contribution in [0.2, 0.25) is 0 Å². The summed E-state index contributed by atoms with van der Waals surface area (Å²) in [7, 11) is 0. The van der Waals surface area contributed by atoms with E-state index in [0.717, 1.165) is 19.3 Å². The Morgan fingerprint density at radius 3 is 2.53 bits per heavy atom. The second kappa shape index (κ2) is 5.83. The van der Waals surface area contributed by atoms with Gasteiger partial charge in [-0.15, -0.1) is 0 Å². The minimum atomic E-state index is -0.486. The van der Waals surface area contributed by atoms with E-state index in [9.17, 15) is 4.79 Å². The van der Waals surface area contributed by atoms with Gasteiger partial charge in [-0.2, -0.15) is 0 Å². The first kappa shape index (κ1) is 12.8. The SMILES string of the molecule is CC1(CCNC(=O)C2CCCCC2)OCCO1. The number of nitrogens with one attached hydrogen (secondary N) is 1. The van der Waals surface area contributed by atoms with E-state index in [1.54, 1.807) is 0 Å². The predicted molar refractivity (Wildman–Crippen MR) is 64.5 cm³/mol. The largest absolute Gasteiger partial charge is 0.356 e. The van der Waals surface area contributed by atoms with E-state index in [0.29, 0.717) is 19.8 Å². The van der Waals surface area contributed by atoms with Crippen molar-refractivity contribution < 1.29 is 14.3 Å². The van der Waals surface area contributed by atoms with E-state index in [-0.39, 0.29) is 11.8 Å². The van der Waals surface area contributed by atoms with Gasteiger partial charge in [-0.25, -0.2) is 0 Å². The van der Waals surface area contributed by atoms with Crippen LogP contribution in [0, 0.1) is 5.92 Å². The highest BCUT2D eigenvalue weighted by Gasteiger charge is 2.30. The lowest BCUT2D eigenvalue weighted by molar-refractivity contribution is -0.147. The number of hydrogen-bond acceptors (Lipinski definition) is 3. The fourth-order valence-electron chi connectivity index (χ4n) is 2.62. The molecule has 0 spiro atoms. The van der Waals surface area contributed by atoms with Gasteiger partial charge in [0.2, 0.25) is 5.91 Å². The molecule has 2 aliphatic rings. The topological polar surface area (TPSA) is 47.6 Å². The highest BCUT2D eigenvalue weighted by molar-refractivity contribution is 5.78. The van der Waals surface area contributed by atoms with Crippen LogP contribution in [0.4, 0.5) is 0 Å². The summed E-state index contributed by atoms with van der Waals surface area (Å²) in [4.78, 5) is 11.9. The predicted octanol–water partition coefficient (Wildman–Crippen LogP) is 1.84. The zero-order chi connectivity index (χ0) is 12.1. The maximum atomic E-state index is 11.9. The Morgan fingerprint density at radius 2 is 1.88 bits per heavy atom. The molecule has 98 valence electrons. The first-order valence-electron chi connectivity index (χ1n) is 6.75. The van der Waals surface area contributed by atoms with E-state index < -0.39 is 5.79 Å². The van der Waals surface area contributed by atoms with Crippen molar-refractivity contribution in [3.63, 3.8) is 0 Å². The summed E-state index contributed by atoms with van der Waals surface area (Å²) < 4.78 is 11.0. The molecular formula is C13H23NO3. The lowest BCUT2D eigenvalue weighted by atomic mass is 9.88. The Hall–Kier alpha value is -0.610. The van der Waals surface area contributed by atoms with Gasteiger partial charge in [-0.1, -0.05) is 19.3 Å². The van der Waals surface area contributed by atoms with E-state index in [1.165, 1.54) is 19.3 Å². The fraction of sp³-hybridized carbons (Fsp3) is 0.923. The number of rotatable bonds is 4. The van der Waals surface area contributed by atoms with Crippen molar-refractivity contribution in [1.82, 2.24) is 5.32 Å². The molecule has 0 bridgehead atoms. The van der Waals surface area contributed by atoms with E-state index in [4.69, 9.17) is 9.47 Å². The molecule has 1 aliphatic heterocycles. The summed E-state index contributed by atoms with van der Waals surface area (Å²) >= 11 is 0. The van der Waals surface area contributed by atoms with Crippen LogP contribution in [-0.4, -0.2) is 31.5 Å². The molecule has 1 aliphatic carbocycles. The minimum Gasteiger partial charge on any atom is -0.356 e. The van der Waals surface area contributed by atoms with Crippen LogP contribution < -0.4 is 5.32 Å². The van der Waals surface area contributed by atoms with Crippen molar-refractivity contribution >= 4 is 5.91 Å². The van der Waals surface area contributed by atoms with Gasteiger partial charge in [0, 0.05) is 18.9 Å². The van der Waals surface area contributed by atoms with Gasteiger partial charge in [0.1, 0.15) is 0 Å². The van der Waals surface area contributed by atoms with Crippen LogP contribution in [0.25, 0.3) is 0 Å². The van der Waals surface area contributed by atoms with Crippen molar-refractivity contribution in [2.45, 2.75) is 51.2 Å². The van der Waals surface area contributed by atoms with Gasteiger partial charge in [0.05, 0.1) is 13.2 Å². The normalized spacial score (nSPS) is 24.8. The van der Waals surface area contributed by atoms with Crippen molar-refractivity contribution in [3.05, 3.63) is 0 Å². The van der Waals surface area contributed by atoms with Crippen molar-refractivity contribution in [2.24, 2.45) is 5.92 Å². The van der Waals surface area contributed by atoms with Gasteiger partial charge >= 0.3 is 0 Å². The molecule has 2 rings (SSSR count). The number of ether oxygens (including phenoxy) is 2. The fourth-order valence-corrected chi connectivity index (χ4v) is 2.62. The zero-order valence-corrected chi connectivity index (χ0v) is 10.7. The van der Waals surface area contributed by atoms with Gasteiger partial charge in [-0.3, -0.25) is 4.79 Å². The van der Waals surface area contributed by atoms with Crippen LogP contribution in [0.15, 0.2) is 0 Å². The molecule has 1 heterocycles. The minimum absolute atomic E-state index is 0.214. The van der Waals surface area contributed by atoms with Crippen molar-refractivity contribution in [3.8, 4) is 0 Å². The monoisotopic (exact) mass is 241 g/mol. The van der Waals surface area contributed by atoms with Crippen LogP contribution in [-0.2, 0) is 14.3 Å². The van der Waals surface area contributed by atoms with Crippen LogP contribution in [0.3, 0.4) is 0 Å². The van der Waals surface area contributed by atoms with E-state index >= 15 is 0 Å². The molecule has 4 heteroatoms. The number of carbonyl (C=O) groups is 1. The molecule has 0 aromatic heterocycles. The molecule has 0 radical (unpaired) electrons. The maximum Gasteiger partial charge on any atom is 0.223 e. The average molecular weight is 241 g/mol. The van der Waals surface area contributed by atoms with Gasteiger partial charge in [0.25, 0.3) is 0 Å². The third-order valence-electron chi connectivity index (χ3n) is 3.75. The highest BCUT2D eigenvalue weighted by atomic mass is 16.7. The maximum absolute atomic E-state index is 11.9. The first-order chi connectivity index (χ1) is 8.20. The van der Waals surface area contributed by atoms with E-state index in [2.05, 4.69) is 5.32 Å². The summed E-state index contributed by atoms with van der Waals surface area (Å²) in [5, 5.41) is 3.01. The highest BCUT2D eigenvalue weighted by Crippen LogP contribution is 2.24. The third kappa shape index (κ3) is 3.68. The summed E-state index contributed by atoms with van der Waals surface area (Å²) in [5.74, 6) is -0.0342. The molecule has 17 heavy (non-hydrogen) atoms. The summed E-state index contributed by atoms with van der Waals surface area (Å²) in [6, 6.07) is 0. The van der Waals surface area contributed by atoms with Gasteiger partial charge < -0.3 is 14.8 Å². The average Bonchev–Trinajstić information content (AvgIpc) is 2.77. The molecule has 0 unspecified atom stereocenters. The Labute approximate surface area is 103 Å². The quantitative estimate of drug-likeness (QED) is 0.817. The van der Waals surface area contributed by atoms with Crippen LogP contribution in [0.1, 0.15) is 45.4 Å². The van der Waals surface area contributed by atoms with E-state index in [1.807, 2.05) is 6.92 Å². The van der Waals surface area contributed by atoms with Gasteiger partial charge in [0.15, 0.2) is 5.79 Å². The summed E-state index contributed by atoms with van der Waals surface area (Å²) in [5.41, 5.74) is 0. The Morgan fingerprint density at radius 1 is 1.24 bits per heavy atom. The van der Waals surface area contributed by atoms with Crippen molar-refractivity contribution in [1.29, 1.82) is 0 Å². The summed E-state index contributed by atoms with van der Waals surface area (Å²) in [6.07, 6.45) is 6.51. The van der Waals surface area contributed by atoms with Crippen LogP contribution in [0.5, 0.6) is 0 Å². The molecular weight excluding hydrogens is 218 g/mol. The Kier molecular flexibility index (Phi) is 4.40. The number of carbonyl (C=O) groups excluding carboxylic acids is 1.